The molecular weight excluding hydrogens is 748 g/mol. The van der Waals surface area contributed by atoms with Gasteiger partial charge in [0, 0.05) is 44.8 Å². The average Bonchev–Trinajstić information content (AvgIpc) is 3.98. The van der Waals surface area contributed by atoms with Gasteiger partial charge in [-0.1, -0.05) is 129 Å². The molecular formula is C49H36BN6S2. The summed E-state index contributed by atoms with van der Waals surface area (Å²) >= 11 is 3.35. The Labute approximate surface area is 346 Å². The highest BCUT2D eigenvalue weighted by Crippen LogP contribution is 2.36. The van der Waals surface area contributed by atoms with Crippen molar-refractivity contribution in [2.45, 2.75) is 13.7 Å². The number of thiazole rings is 2. The van der Waals surface area contributed by atoms with Gasteiger partial charge in [-0.05, 0) is 66.6 Å². The maximum atomic E-state index is 5.18. The first kappa shape index (κ1) is 36.8. The minimum atomic E-state index is 0.603. The van der Waals surface area contributed by atoms with Crippen molar-refractivity contribution in [1.29, 1.82) is 0 Å². The number of nitrogens with zero attached hydrogens (tertiary/aromatic N) is 6. The second kappa shape index (κ2) is 16.0. The first-order chi connectivity index (χ1) is 28.5. The predicted molar refractivity (Wildman–Crippen MR) is 247 cm³/mol. The molecule has 0 saturated carbocycles. The minimum absolute atomic E-state index is 0.603. The van der Waals surface area contributed by atoms with Crippen LogP contribution in [-0.4, -0.2) is 36.8 Å². The van der Waals surface area contributed by atoms with E-state index in [4.69, 9.17) is 24.9 Å². The van der Waals surface area contributed by atoms with Crippen LogP contribution in [0.3, 0.4) is 0 Å². The zero-order chi connectivity index (χ0) is 39.6. The van der Waals surface area contributed by atoms with Crippen LogP contribution in [0.25, 0.3) is 88.6 Å². The van der Waals surface area contributed by atoms with E-state index in [-0.39, 0.29) is 0 Å². The van der Waals surface area contributed by atoms with Gasteiger partial charge in [0.1, 0.15) is 10.0 Å². The van der Waals surface area contributed by atoms with Crippen molar-refractivity contribution in [3.8, 4) is 50.4 Å². The van der Waals surface area contributed by atoms with Crippen molar-refractivity contribution in [3.05, 3.63) is 181 Å². The van der Waals surface area contributed by atoms with Gasteiger partial charge in [-0.2, -0.15) is 0 Å². The number of fused-ring (bicyclic) bond motifs is 2. The molecule has 0 amide bonds. The Bertz CT molecular complexity index is 2960. The summed E-state index contributed by atoms with van der Waals surface area (Å²) in [5.74, 6) is 1.86. The van der Waals surface area contributed by atoms with Crippen LogP contribution in [0.2, 0.25) is 6.82 Å². The number of aromatic nitrogens is 6. The van der Waals surface area contributed by atoms with Crippen LogP contribution in [0, 0.1) is 6.92 Å². The van der Waals surface area contributed by atoms with Gasteiger partial charge < -0.3 is 4.57 Å². The fourth-order valence-electron chi connectivity index (χ4n) is 7.16. The molecule has 0 bridgehead atoms. The summed E-state index contributed by atoms with van der Waals surface area (Å²) in [4.78, 5) is 24.9. The average molecular weight is 784 g/mol. The fourth-order valence-corrected chi connectivity index (χ4v) is 9.08. The van der Waals surface area contributed by atoms with E-state index in [1.165, 1.54) is 0 Å². The van der Waals surface area contributed by atoms with E-state index in [0.717, 1.165) is 86.4 Å². The SMILES string of the molecule is C=C/C=C\c1c(/C=C(\C=C)c2nc3ccccc3s2)c(C)n(-c2cccc(-c3nc4cc(-c5nc(-c6ccccc6)nc(-c6ccccc6)n5)ccc4s3)c2)c1[B]C. The molecule has 4 heterocycles. The van der Waals surface area contributed by atoms with Crippen molar-refractivity contribution in [2.24, 2.45) is 0 Å². The Morgan fingerprint density at radius 1 is 0.621 bits per heavy atom. The van der Waals surface area contributed by atoms with E-state index < -0.39 is 0 Å². The number of rotatable bonds is 11. The summed E-state index contributed by atoms with van der Waals surface area (Å²) in [5, 5.41) is 1.87. The second-order valence-corrected chi connectivity index (χ2v) is 15.7. The molecule has 9 rings (SSSR count). The van der Waals surface area contributed by atoms with Crippen molar-refractivity contribution >= 4 is 73.7 Å². The number of para-hydroxylation sites is 1. The van der Waals surface area contributed by atoms with E-state index in [9.17, 15) is 0 Å². The normalized spacial score (nSPS) is 11.8. The van der Waals surface area contributed by atoms with Crippen LogP contribution in [0.5, 0.6) is 0 Å². The van der Waals surface area contributed by atoms with Gasteiger partial charge in [-0.3, -0.25) is 0 Å². The predicted octanol–water partition coefficient (Wildman–Crippen LogP) is 12.2. The molecule has 0 unspecified atom stereocenters. The molecule has 9 aromatic rings. The highest BCUT2D eigenvalue weighted by atomic mass is 32.1. The number of benzene rings is 5. The van der Waals surface area contributed by atoms with Crippen LogP contribution < -0.4 is 5.59 Å². The second-order valence-electron chi connectivity index (χ2n) is 13.6. The largest absolute Gasteiger partial charge is 0.327 e. The topological polar surface area (TPSA) is 69.4 Å². The van der Waals surface area contributed by atoms with E-state index >= 15 is 0 Å². The molecule has 4 aromatic heterocycles. The third-order valence-electron chi connectivity index (χ3n) is 9.96. The van der Waals surface area contributed by atoms with Crippen molar-refractivity contribution in [3.63, 3.8) is 0 Å². The highest BCUT2D eigenvalue weighted by molar-refractivity contribution is 7.21. The van der Waals surface area contributed by atoms with Gasteiger partial charge in [0.05, 0.1) is 20.4 Å². The standard InChI is InChI=1S/C49H36BN6S2/c1-5-7-23-38-39(29-32(6-2)48-51-40-24-14-15-25-42(40)57-48)31(3)56(44(38)50-4)37-22-16-21-36(28-37)49-52-41-30-35(26-27-43(41)58-49)47-54-45(33-17-10-8-11-18-33)53-46(55-47)34-19-12-9-13-20-34/h5-30H,1-2H2,3-4H3/b23-7-,32-29+. The lowest BCUT2D eigenvalue weighted by molar-refractivity contribution is 1.04. The molecule has 0 aliphatic heterocycles. The van der Waals surface area contributed by atoms with E-state index in [2.05, 4.69) is 106 Å². The molecule has 0 saturated heterocycles. The zero-order valence-electron chi connectivity index (χ0n) is 32.0. The third kappa shape index (κ3) is 7.06. The summed E-state index contributed by atoms with van der Waals surface area (Å²) in [6, 6.07) is 43.2. The molecule has 58 heavy (non-hydrogen) atoms. The van der Waals surface area contributed by atoms with Gasteiger partial charge in [-0.25, -0.2) is 24.9 Å². The maximum Gasteiger partial charge on any atom is 0.172 e. The molecule has 0 spiro atoms. The van der Waals surface area contributed by atoms with Gasteiger partial charge in [0.25, 0.3) is 0 Å². The smallest absolute Gasteiger partial charge is 0.172 e. The number of hydrogen-bond donors (Lipinski definition) is 0. The van der Waals surface area contributed by atoms with Gasteiger partial charge in [0.2, 0.25) is 0 Å². The Morgan fingerprint density at radius 3 is 1.95 bits per heavy atom. The van der Waals surface area contributed by atoms with Crippen LogP contribution in [-0.2, 0) is 0 Å². The monoisotopic (exact) mass is 783 g/mol. The number of allylic oxidation sites excluding steroid dienone is 4. The Balaban J connectivity index is 1.11. The number of hydrogen-bond acceptors (Lipinski definition) is 7. The Morgan fingerprint density at radius 2 is 1.28 bits per heavy atom. The molecule has 6 nitrogen and oxygen atoms in total. The zero-order valence-corrected chi connectivity index (χ0v) is 33.6. The molecule has 277 valence electrons. The lowest BCUT2D eigenvalue weighted by Gasteiger charge is -2.12. The quantitative estimate of drug-likeness (QED) is 0.0965. The third-order valence-corrected chi connectivity index (χ3v) is 12.1. The van der Waals surface area contributed by atoms with Gasteiger partial charge in [-0.15, -0.1) is 22.7 Å². The molecule has 0 aliphatic rings. The molecule has 0 atom stereocenters. The van der Waals surface area contributed by atoms with Crippen LogP contribution in [0.15, 0.2) is 159 Å². The van der Waals surface area contributed by atoms with E-state index in [1.54, 1.807) is 22.7 Å². The van der Waals surface area contributed by atoms with Crippen molar-refractivity contribution in [2.75, 3.05) is 0 Å². The van der Waals surface area contributed by atoms with Gasteiger partial charge in [0.15, 0.2) is 24.8 Å². The molecule has 0 fully saturated rings. The first-order valence-corrected chi connectivity index (χ1v) is 20.6. The first-order valence-electron chi connectivity index (χ1n) is 18.9. The maximum absolute atomic E-state index is 5.18. The van der Waals surface area contributed by atoms with Crippen LogP contribution in [0.4, 0.5) is 0 Å². The van der Waals surface area contributed by atoms with Gasteiger partial charge >= 0.3 is 0 Å². The summed E-state index contributed by atoms with van der Waals surface area (Å²) in [5.41, 5.74) is 12.1. The summed E-state index contributed by atoms with van der Waals surface area (Å²) in [7, 11) is 2.16. The van der Waals surface area contributed by atoms with Crippen LogP contribution >= 0.6 is 22.7 Å². The van der Waals surface area contributed by atoms with Crippen molar-refractivity contribution < 1.29 is 0 Å². The van der Waals surface area contributed by atoms with E-state index in [1.807, 2.05) is 91.0 Å². The fraction of sp³-hybridized carbons (Fsp3) is 0.0408. The Kier molecular flexibility index (Phi) is 10.1. The summed E-state index contributed by atoms with van der Waals surface area (Å²) < 4.78 is 4.55. The lowest BCUT2D eigenvalue weighted by Crippen LogP contribution is -2.24. The molecule has 1 radical (unpaired) electrons. The highest BCUT2D eigenvalue weighted by Gasteiger charge is 2.20. The Hall–Kier alpha value is -6.81. The van der Waals surface area contributed by atoms with Crippen molar-refractivity contribution in [1.82, 2.24) is 29.5 Å². The van der Waals surface area contributed by atoms with Crippen LogP contribution in [0.1, 0.15) is 21.8 Å². The lowest BCUT2D eigenvalue weighted by atomic mass is 9.75. The molecule has 0 N–H and O–H groups in total. The summed E-state index contributed by atoms with van der Waals surface area (Å²) in [6.07, 6.45) is 10.0. The van der Waals surface area contributed by atoms with E-state index in [0.29, 0.717) is 17.5 Å². The summed E-state index contributed by atoms with van der Waals surface area (Å²) in [6.45, 7) is 12.4. The molecule has 9 heteroatoms. The molecule has 0 aliphatic carbocycles. The minimum Gasteiger partial charge on any atom is -0.327 e. The molecule has 5 aromatic carbocycles.